The molecule has 0 fully saturated rings. The number of alkyl halides is 1. The molecule has 0 atom stereocenters. The Morgan fingerprint density at radius 3 is 1.85 bits per heavy atom. The average molecular weight is 277 g/mol. The number of benzene rings is 1. The van der Waals surface area contributed by atoms with Crippen LogP contribution in [-0.2, 0) is 5.33 Å². The van der Waals surface area contributed by atoms with E-state index in [0.29, 0.717) is 5.33 Å². The maximum Gasteiger partial charge on any atom is 1.00 e. The summed E-state index contributed by atoms with van der Waals surface area (Å²) in [6, 6.07) is 5.16. The zero-order valence-electron chi connectivity index (χ0n) is 7.11. The second-order valence-corrected chi connectivity index (χ2v) is 3.01. The van der Waals surface area contributed by atoms with Crippen LogP contribution in [-0.4, -0.2) is 6.98 Å². The van der Waals surface area contributed by atoms with Gasteiger partial charge in [-0.1, -0.05) is 40.2 Å². The molecule has 0 aliphatic heterocycles. The van der Waals surface area contributed by atoms with Crippen LogP contribution >= 0.6 is 15.9 Å². The molecular weight excluding hydrogens is 271 g/mol. The smallest absolute Gasteiger partial charge is 0.445 e. The van der Waals surface area contributed by atoms with Crippen molar-refractivity contribution < 1.29 is 64.3 Å². The van der Waals surface area contributed by atoms with Gasteiger partial charge in [0.1, 0.15) is 0 Å². The van der Waals surface area contributed by atoms with Gasteiger partial charge in [0.05, 0.1) is 0 Å². The molecular formula is C7H6BBrF3K. The van der Waals surface area contributed by atoms with Crippen LogP contribution < -0.4 is 56.8 Å². The SMILES string of the molecule is F[B-](F)(F)c1ccc(CBr)cc1.[K+]. The van der Waals surface area contributed by atoms with Crippen molar-refractivity contribution in [3.8, 4) is 0 Å². The monoisotopic (exact) mass is 276 g/mol. The van der Waals surface area contributed by atoms with E-state index < -0.39 is 12.4 Å². The average Bonchev–Trinajstić information content (AvgIpc) is 2.03. The Kier molecular flexibility index (Phi) is 6.47. The Bertz CT molecular complexity index is 259. The van der Waals surface area contributed by atoms with E-state index in [9.17, 15) is 12.9 Å². The van der Waals surface area contributed by atoms with Crippen molar-refractivity contribution in [1.29, 1.82) is 0 Å². The molecule has 0 heterocycles. The molecule has 13 heavy (non-hydrogen) atoms. The van der Waals surface area contributed by atoms with Crippen LogP contribution in [0.2, 0.25) is 0 Å². The van der Waals surface area contributed by atoms with Gasteiger partial charge in [0.2, 0.25) is 0 Å². The van der Waals surface area contributed by atoms with Crippen molar-refractivity contribution in [2.75, 3.05) is 0 Å². The van der Waals surface area contributed by atoms with Crippen LogP contribution in [0, 0.1) is 0 Å². The molecule has 0 nitrogen and oxygen atoms in total. The first kappa shape index (κ1) is 14.2. The fourth-order valence-electron chi connectivity index (χ4n) is 0.825. The largest absolute Gasteiger partial charge is 1.00 e. The minimum absolute atomic E-state index is 0. The molecule has 66 valence electrons. The zero-order valence-corrected chi connectivity index (χ0v) is 11.8. The van der Waals surface area contributed by atoms with Gasteiger partial charge in [-0.15, -0.1) is 5.46 Å². The molecule has 0 saturated carbocycles. The molecule has 0 radical (unpaired) electrons. The van der Waals surface area contributed by atoms with Crippen LogP contribution in [0.1, 0.15) is 5.56 Å². The number of hydrogen-bond acceptors (Lipinski definition) is 0. The molecule has 1 aromatic rings. The molecule has 0 aliphatic carbocycles. The van der Waals surface area contributed by atoms with Crippen molar-refractivity contribution >= 4 is 28.4 Å². The molecule has 0 amide bonds. The van der Waals surface area contributed by atoms with E-state index in [4.69, 9.17) is 0 Å². The van der Waals surface area contributed by atoms with Crippen molar-refractivity contribution in [2.24, 2.45) is 0 Å². The third-order valence-corrected chi connectivity index (χ3v) is 2.16. The number of halogens is 4. The minimum atomic E-state index is -4.84. The normalized spacial score (nSPS) is 10.8. The van der Waals surface area contributed by atoms with E-state index in [-0.39, 0.29) is 51.4 Å². The summed E-state index contributed by atoms with van der Waals surface area (Å²) >= 11 is 3.16. The van der Waals surface area contributed by atoms with Gasteiger partial charge in [0, 0.05) is 5.33 Å². The minimum Gasteiger partial charge on any atom is -0.445 e. The third-order valence-electron chi connectivity index (χ3n) is 1.51. The molecule has 1 aromatic carbocycles. The number of hydrogen-bond donors (Lipinski definition) is 0. The Balaban J connectivity index is 0.00000144. The first-order valence-corrected chi connectivity index (χ1v) is 4.51. The van der Waals surface area contributed by atoms with Crippen LogP contribution in [0.15, 0.2) is 24.3 Å². The molecule has 0 spiro atoms. The van der Waals surface area contributed by atoms with Crippen LogP contribution in [0.5, 0.6) is 0 Å². The molecule has 0 unspecified atom stereocenters. The second kappa shape index (κ2) is 5.92. The molecule has 6 heteroatoms. The van der Waals surface area contributed by atoms with Gasteiger partial charge >= 0.3 is 58.4 Å². The summed E-state index contributed by atoms with van der Waals surface area (Å²) < 4.78 is 36.2. The molecule has 1 rings (SSSR count). The van der Waals surface area contributed by atoms with E-state index in [1.165, 1.54) is 12.1 Å². The fraction of sp³-hybridized carbons (Fsp3) is 0.143. The van der Waals surface area contributed by atoms with Crippen molar-refractivity contribution in [3.63, 3.8) is 0 Å². The fourth-order valence-corrected chi connectivity index (χ4v) is 1.20. The van der Waals surface area contributed by atoms with Gasteiger partial charge in [0.15, 0.2) is 0 Å². The topological polar surface area (TPSA) is 0 Å². The van der Waals surface area contributed by atoms with E-state index in [1.54, 1.807) is 0 Å². The summed E-state index contributed by atoms with van der Waals surface area (Å²) in [6.07, 6.45) is 0. The summed E-state index contributed by atoms with van der Waals surface area (Å²) in [6.45, 7) is -4.84. The van der Waals surface area contributed by atoms with Crippen molar-refractivity contribution in [1.82, 2.24) is 0 Å². The standard InChI is InChI=1S/C7H6BBrF3.K/c9-5-6-1-3-7(4-2-6)8(10,11)12;/h1-4H,5H2;/q-1;+1. The van der Waals surface area contributed by atoms with Gasteiger partial charge in [-0.25, -0.2) is 0 Å². The summed E-state index contributed by atoms with van der Waals surface area (Å²) in [5.74, 6) is 0. The van der Waals surface area contributed by atoms with Gasteiger partial charge < -0.3 is 12.9 Å². The van der Waals surface area contributed by atoms with Crippen molar-refractivity contribution in [2.45, 2.75) is 5.33 Å². The summed E-state index contributed by atoms with van der Waals surface area (Å²) in [4.78, 5) is 0. The van der Waals surface area contributed by atoms with Crippen LogP contribution in [0.25, 0.3) is 0 Å². The van der Waals surface area contributed by atoms with E-state index in [0.717, 1.165) is 17.7 Å². The number of rotatable bonds is 2. The Morgan fingerprint density at radius 2 is 1.54 bits per heavy atom. The molecule has 0 aliphatic rings. The summed E-state index contributed by atoms with van der Waals surface area (Å²) in [7, 11) is 0. The molecule has 0 bridgehead atoms. The maximum absolute atomic E-state index is 12.1. The van der Waals surface area contributed by atoms with Gasteiger partial charge in [0.25, 0.3) is 0 Å². The van der Waals surface area contributed by atoms with E-state index >= 15 is 0 Å². The predicted octanol–water partition coefficient (Wildman–Crippen LogP) is -0.360. The first-order chi connectivity index (χ1) is 5.54. The molecule has 0 aromatic heterocycles. The van der Waals surface area contributed by atoms with Gasteiger partial charge in [-0.2, -0.15) is 0 Å². The second-order valence-electron chi connectivity index (χ2n) is 2.45. The van der Waals surface area contributed by atoms with Crippen LogP contribution in [0.4, 0.5) is 12.9 Å². The van der Waals surface area contributed by atoms with Gasteiger partial charge in [-0.05, 0) is 5.56 Å². The van der Waals surface area contributed by atoms with Gasteiger partial charge in [-0.3, -0.25) is 0 Å². The predicted molar refractivity (Wildman–Crippen MR) is 47.8 cm³/mol. The quantitative estimate of drug-likeness (QED) is 0.511. The van der Waals surface area contributed by atoms with Crippen molar-refractivity contribution in [3.05, 3.63) is 29.8 Å². The zero-order chi connectivity index (χ0) is 9.19. The van der Waals surface area contributed by atoms with E-state index in [2.05, 4.69) is 15.9 Å². The Labute approximate surface area is 126 Å². The van der Waals surface area contributed by atoms with Crippen LogP contribution in [0.3, 0.4) is 0 Å². The Morgan fingerprint density at radius 1 is 1.08 bits per heavy atom. The first-order valence-electron chi connectivity index (χ1n) is 3.39. The maximum atomic E-state index is 12.1. The Hall–Kier alpha value is 1.19. The summed E-state index contributed by atoms with van der Waals surface area (Å²) in [5.41, 5.74) is 0.304. The third kappa shape index (κ3) is 4.49. The van der Waals surface area contributed by atoms with E-state index in [1.807, 2.05) is 0 Å². The molecule has 0 saturated heterocycles. The molecule has 0 N–H and O–H groups in total. The summed E-state index contributed by atoms with van der Waals surface area (Å²) in [5, 5.41) is 0.581.